The third-order valence-corrected chi connectivity index (χ3v) is 3.35. The summed E-state index contributed by atoms with van der Waals surface area (Å²) < 4.78 is 7.88. The minimum atomic E-state index is 0.0827. The normalized spacial score (nSPS) is 12.5. The maximum atomic E-state index is 6.09. The first-order valence-corrected chi connectivity index (χ1v) is 6.91. The van der Waals surface area contributed by atoms with Gasteiger partial charge in [0, 0.05) is 18.7 Å². The summed E-state index contributed by atoms with van der Waals surface area (Å²) in [6, 6.07) is 6.25. The maximum Gasteiger partial charge on any atom is 0.221 e. The van der Waals surface area contributed by atoms with E-state index in [2.05, 4.69) is 31.1 Å². The molecule has 2 rings (SSSR count). The van der Waals surface area contributed by atoms with E-state index < -0.39 is 0 Å². The van der Waals surface area contributed by atoms with E-state index in [1.54, 1.807) is 4.68 Å². The van der Waals surface area contributed by atoms with Gasteiger partial charge in [0.2, 0.25) is 5.88 Å². The van der Waals surface area contributed by atoms with Crippen molar-refractivity contribution in [3.8, 4) is 11.6 Å². The minimum Gasteiger partial charge on any atom is -0.439 e. The van der Waals surface area contributed by atoms with Crippen molar-refractivity contribution in [3.63, 3.8) is 0 Å². The predicted molar refractivity (Wildman–Crippen MR) is 81.3 cm³/mol. The maximum absolute atomic E-state index is 6.09. The van der Waals surface area contributed by atoms with Gasteiger partial charge in [0.05, 0.1) is 5.69 Å². The third kappa shape index (κ3) is 3.02. The monoisotopic (exact) mass is 273 g/mol. The molecule has 0 fully saturated rings. The lowest BCUT2D eigenvalue weighted by molar-refractivity contribution is 0.421. The molecule has 0 aliphatic rings. The van der Waals surface area contributed by atoms with Crippen LogP contribution in [-0.2, 0) is 13.5 Å². The molecule has 108 valence electrons. The van der Waals surface area contributed by atoms with Crippen LogP contribution < -0.4 is 10.5 Å². The van der Waals surface area contributed by atoms with Crippen molar-refractivity contribution < 1.29 is 4.74 Å². The molecule has 0 aliphatic heterocycles. The molecule has 0 amide bonds. The largest absolute Gasteiger partial charge is 0.439 e. The fourth-order valence-corrected chi connectivity index (χ4v) is 2.38. The Morgan fingerprint density at radius 2 is 2.00 bits per heavy atom. The SMILES string of the molecule is Cc1ccc(Oc2c(CC(C)N)c(C)nn2C)c(C)c1. The van der Waals surface area contributed by atoms with Crippen LogP contribution in [-0.4, -0.2) is 15.8 Å². The fourth-order valence-electron chi connectivity index (χ4n) is 2.38. The molecule has 0 radical (unpaired) electrons. The second kappa shape index (κ2) is 5.67. The molecular formula is C16H23N3O. The van der Waals surface area contributed by atoms with E-state index >= 15 is 0 Å². The van der Waals surface area contributed by atoms with E-state index in [0.717, 1.165) is 34.9 Å². The van der Waals surface area contributed by atoms with Gasteiger partial charge in [-0.1, -0.05) is 17.7 Å². The van der Waals surface area contributed by atoms with Crippen LogP contribution >= 0.6 is 0 Å². The van der Waals surface area contributed by atoms with Crippen LogP contribution in [0.2, 0.25) is 0 Å². The standard InChI is InChI=1S/C16H23N3O/c1-10-6-7-15(11(2)8-10)20-16-14(9-12(3)17)13(4)18-19(16)5/h6-8,12H,9,17H2,1-5H3. The first kappa shape index (κ1) is 14.6. The van der Waals surface area contributed by atoms with Crippen LogP contribution in [0.25, 0.3) is 0 Å². The van der Waals surface area contributed by atoms with Gasteiger partial charge in [-0.2, -0.15) is 5.10 Å². The second-order valence-electron chi connectivity index (χ2n) is 5.55. The van der Waals surface area contributed by atoms with Crippen molar-refractivity contribution in [2.45, 2.75) is 40.2 Å². The molecule has 0 spiro atoms. The summed E-state index contributed by atoms with van der Waals surface area (Å²) in [5.41, 5.74) is 10.3. The van der Waals surface area contributed by atoms with E-state index in [9.17, 15) is 0 Å². The average molecular weight is 273 g/mol. The molecule has 1 aromatic heterocycles. The van der Waals surface area contributed by atoms with Crippen molar-refractivity contribution >= 4 is 0 Å². The van der Waals surface area contributed by atoms with E-state index in [1.165, 1.54) is 5.56 Å². The van der Waals surface area contributed by atoms with Gasteiger partial charge in [-0.25, -0.2) is 4.68 Å². The predicted octanol–water partition coefficient (Wildman–Crippen LogP) is 3.03. The summed E-state index contributed by atoms with van der Waals surface area (Å²) in [6.45, 7) is 8.11. The molecule has 20 heavy (non-hydrogen) atoms. The molecule has 0 bridgehead atoms. The number of hydrogen-bond acceptors (Lipinski definition) is 3. The summed E-state index contributed by atoms with van der Waals surface area (Å²) in [4.78, 5) is 0. The first-order chi connectivity index (χ1) is 9.38. The topological polar surface area (TPSA) is 53.1 Å². The van der Waals surface area contributed by atoms with Gasteiger partial charge < -0.3 is 10.5 Å². The highest BCUT2D eigenvalue weighted by Crippen LogP contribution is 2.30. The fraction of sp³-hybridized carbons (Fsp3) is 0.438. The van der Waals surface area contributed by atoms with E-state index in [-0.39, 0.29) is 6.04 Å². The second-order valence-corrected chi connectivity index (χ2v) is 5.55. The van der Waals surface area contributed by atoms with Crippen molar-refractivity contribution in [2.24, 2.45) is 12.8 Å². The Kier molecular flexibility index (Phi) is 4.14. The molecule has 1 aromatic carbocycles. The Balaban J connectivity index is 2.37. The Bertz CT molecular complexity index is 614. The molecule has 1 heterocycles. The van der Waals surface area contributed by atoms with E-state index in [0.29, 0.717) is 0 Å². The van der Waals surface area contributed by atoms with Crippen LogP contribution in [0.5, 0.6) is 11.6 Å². The molecule has 1 unspecified atom stereocenters. The van der Waals surface area contributed by atoms with Crippen molar-refractivity contribution in [1.29, 1.82) is 0 Å². The zero-order chi connectivity index (χ0) is 14.9. The number of nitrogens with zero attached hydrogens (tertiary/aromatic N) is 2. The van der Waals surface area contributed by atoms with E-state index in [1.807, 2.05) is 27.0 Å². The quantitative estimate of drug-likeness (QED) is 0.931. The number of aryl methyl sites for hydroxylation is 4. The molecule has 1 atom stereocenters. The summed E-state index contributed by atoms with van der Waals surface area (Å²) in [6.07, 6.45) is 0.764. The Hall–Kier alpha value is -1.81. The molecule has 0 saturated heterocycles. The van der Waals surface area contributed by atoms with Crippen LogP contribution in [0.3, 0.4) is 0 Å². The van der Waals surface area contributed by atoms with Gasteiger partial charge in [0.15, 0.2) is 0 Å². The zero-order valence-corrected chi connectivity index (χ0v) is 12.9. The Morgan fingerprint density at radius 1 is 1.30 bits per heavy atom. The highest BCUT2D eigenvalue weighted by molar-refractivity contribution is 5.41. The number of hydrogen-bond donors (Lipinski definition) is 1. The summed E-state index contributed by atoms with van der Waals surface area (Å²) in [7, 11) is 1.90. The average Bonchev–Trinajstić information content (AvgIpc) is 2.58. The van der Waals surface area contributed by atoms with Crippen LogP contribution in [0.4, 0.5) is 0 Å². The molecule has 2 N–H and O–H groups in total. The Morgan fingerprint density at radius 3 is 2.60 bits per heavy atom. The number of nitrogens with two attached hydrogens (primary N) is 1. The molecule has 4 heteroatoms. The van der Waals surface area contributed by atoms with Crippen molar-refractivity contribution in [3.05, 3.63) is 40.6 Å². The van der Waals surface area contributed by atoms with Gasteiger partial charge in [-0.05, 0) is 45.7 Å². The zero-order valence-electron chi connectivity index (χ0n) is 12.9. The van der Waals surface area contributed by atoms with Crippen LogP contribution in [0.1, 0.15) is 29.3 Å². The lowest BCUT2D eigenvalue weighted by Crippen LogP contribution is -2.18. The number of benzene rings is 1. The summed E-state index contributed by atoms with van der Waals surface area (Å²) in [5, 5.41) is 4.44. The first-order valence-electron chi connectivity index (χ1n) is 6.91. The van der Waals surface area contributed by atoms with Gasteiger partial charge >= 0.3 is 0 Å². The van der Waals surface area contributed by atoms with Crippen molar-refractivity contribution in [1.82, 2.24) is 9.78 Å². The lowest BCUT2D eigenvalue weighted by atomic mass is 10.1. The summed E-state index contributed by atoms with van der Waals surface area (Å²) in [5.74, 6) is 1.65. The molecule has 2 aromatic rings. The van der Waals surface area contributed by atoms with Crippen LogP contribution in [0, 0.1) is 20.8 Å². The molecular weight excluding hydrogens is 250 g/mol. The lowest BCUT2D eigenvalue weighted by Gasteiger charge is -2.12. The number of ether oxygens (including phenoxy) is 1. The van der Waals surface area contributed by atoms with Gasteiger partial charge in [-0.3, -0.25) is 0 Å². The minimum absolute atomic E-state index is 0.0827. The van der Waals surface area contributed by atoms with Gasteiger partial charge in [-0.15, -0.1) is 0 Å². The van der Waals surface area contributed by atoms with Gasteiger partial charge in [0.1, 0.15) is 5.75 Å². The molecule has 0 saturated carbocycles. The summed E-state index contributed by atoms with van der Waals surface area (Å²) >= 11 is 0. The number of rotatable bonds is 4. The highest BCUT2D eigenvalue weighted by Gasteiger charge is 2.17. The molecule has 0 aliphatic carbocycles. The van der Waals surface area contributed by atoms with Crippen LogP contribution in [0.15, 0.2) is 18.2 Å². The third-order valence-electron chi connectivity index (χ3n) is 3.35. The van der Waals surface area contributed by atoms with E-state index in [4.69, 9.17) is 10.5 Å². The number of aromatic nitrogens is 2. The van der Waals surface area contributed by atoms with Gasteiger partial charge in [0.25, 0.3) is 0 Å². The highest BCUT2D eigenvalue weighted by atomic mass is 16.5. The Labute approximate surface area is 120 Å². The molecule has 4 nitrogen and oxygen atoms in total. The van der Waals surface area contributed by atoms with Crippen molar-refractivity contribution in [2.75, 3.05) is 0 Å². The smallest absolute Gasteiger partial charge is 0.221 e.